The first-order chi connectivity index (χ1) is 15.5. The van der Waals surface area contributed by atoms with Crippen LogP contribution < -0.4 is 10.2 Å². The summed E-state index contributed by atoms with van der Waals surface area (Å²) >= 11 is 0. The highest BCUT2D eigenvalue weighted by molar-refractivity contribution is 5.79. The summed E-state index contributed by atoms with van der Waals surface area (Å²) in [6.45, 7) is 4.45. The molecular formula is C28H52O4-2. The third-order valence-electron chi connectivity index (χ3n) is 6.93. The van der Waals surface area contributed by atoms with Crippen LogP contribution in [0.5, 0.6) is 0 Å². The first-order valence-corrected chi connectivity index (χ1v) is 13.9. The van der Waals surface area contributed by atoms with Gasteiger partial charge in [-0.3, -0.25) is 0 Å². The van der Waals surface area contributed by atoms with E-state index in [1.54, 1.807) is 0 Å². The van der Waals surface area contributed by atoms with Crippen molar-refractivity contribution in [2.45, 2.75) is 162 Å². The molecule has 0 N–H and O–H groups in total. The van der Waals surface area contributed by atoms with Crippen LogP contribution in [0.2, 0.25) is 0 Å². The van der Waals surface area contributed by atoms with Gasteiger partial charge in [0.15, 0.2) is 0 Å². The van der Waals surface area contributed by atoms with E-state index in [-0.39, 0.29) is 0 Å². The highest BCUT2D eigenvalue weighted by Gasteiger charge is 2.31. The topological polar surface area (TPSA) is 80.3 Å². The van der Waals surface area contributed by atoms with Gasteiger partial charge in [0.05, 0.1) is 0 Å². The van der Waals surface area contributed by atoms with Gasteiger partial charge in [-0.05, 0) is 19.3 Å². The van der Waals surface area contributed by atoms with Crippen molar-refractivity contribution in [3.63, 3.8) is 0 Å². The van der Waals surface area contributed by atoms with Gasteiger partial charge in [-0.2, -0.15) is 0 Å². The van der Waals surface area contributed by atoms with E-state index in [1.165, 1.54) is 89.9 Å². The Labute approximate surface area is 199 Å². The van der Waals surface area contributed by atoms with Gasteiger partial charge >= 0.3 is 0 Å². The van der Waals surface area contributed by atoms with Crippen molar-refractivity contribution in [3.8, 4) is 0 Å². The summed E-state index contributed by atoms with van der Waals surface area (Å²) in [5, 5.41) is 23.2. The second-order valence-corrected chi connectivity index (χ2v) is 9.98. The van der Waals surface area contributed by atoms with E-state index < -0.39 is 23.8 Å². The summed E-state index contributed by atoms with van der Waals surface area (Å²) in [6, 6.07) is 0. The molecular weight excluding hydrogens is 400 g/mol. The van der Waals surface area contributed by atoms with Gasteiger partial charge in [0.25, 0.3) is 0 Å². The predicted octanol–water partition coefficient (Wildman–Crippen LogP) is 6.48. The molecule has 0 unspecified atom stereocenters. The number of unbranched alkanes of at least 4 members (excludes halogenated alkanes) is 18. The highest BCUT2D eigenvalue weighted by Crippen LogP contribution is 2.35. The second kappa shape index (κ2) is 21.8. The standard InChI is InChI=1S/C28H54O4/c1-3-5-7-9-11-13-15-17-19-21-23-28(27(31)32,25-26(29)30)24-22-20-18-16-14-12-10-8-6-4-2/h3-25H2,1-2H3,(H,29,30)(H,31,32)/p-2. The maximum absolute atomic E-state index is 11.9. The summed E-state index contributed by atoms with van der Waals surface area (Å²) in [4.78, 5) is 23.2. The first-order valence-electron chi connectivity index (χ1n) is 13.9. The molecule has 0 aromatic carbocycles. The Balaban J connectivity index is 4.13. The molecule has 0 saturated carbocycles. The zero-order chi connectivity index (χ0) is 23.9. The Hall–Kier alpha value is -1.06. The zero-order valence-electron chi connectivity index (χ0n) is 21.4. The summed E-state index contributed by atoms with van der Waals surface area (Å²) < 4.78 is 0. The lowest BCUT2D eigenvalue weighted by Gasteiger charge is -2.35. The second-order valence-electron chi connectivity index (χ2n) is 9.98. The third-order valence-corrected chi connectivity index (χ3v) is 6.93. The monoisotopic (exact) mass is 452 g/mol. The molecule has 0 fully saturated rings. The molecule has 0 atom stereocenters. The molecule has 0 heterocycles. The number of carboxylic acid groups (broad SMARTS) is 2. The van der Waals surface area contributed by atoms with Crippen molar-refractivity contribution >= 4 is 11.9 Å². The average Bonchev–Trinajstić information content (AvgIpc) is 2.75. The molecule has 4 nitrogen and oxygen atoms in total. The molecule has 0 rings (SSSR count). The van der Waals surface area contributed by atoms with Gasteiger partial charge in [-0.1, -0.05) is 142 Å². The van der Waals surface area contributed by atoms with Crippen molar-refractivity contribution in [1.82, 2.24) is 0 Å². The fraction of sp³-hybridized carbons (Fsp3) is 0.929. The molecule has 0 aliphatic heterocycles. The van der Waals surface area contributed by atoms with E-state index in [0.717, 1.165) is 38.5 Å². The number of rotatable bonds is 25. The number of aliphatic carboxylic acids is 2. The number of carbonyl (C=O) groups is 2. The molecule has 4 heteroatoms. The molecule has 0 radical (unpaired) electrons. The molecule has 0 aromatic heterocycles. The van der Waals surface area contributed by atoms with Crippen LogP contribution in [-0.2, 0) is 9.59 Å². The van der Waals surface area contributed by atoms with Gasteiger partial charge in [0.1, 0.15) is 0 Å². The van der Waals surface area contributed by atoms with Crippen LogP contribution in [0.4, 0.5) is 0 Å². The fourth-order valence-corrected chi connectivity index (χ4v) is 4.76. The minimum absolute atomic E-state index is 0.400. The molecule has 0 spiro atoms. The van der Waals surface area contributed by atoms with Crippen LogP contribution in [0.1, 0.15) is 162 Å². The van der Waals surface area contributed by atoms with Crippen LogP contribution in [0.3, 0.4) is 0 Å². The molecule has 32 heavy (non-hydrogen) atoms. The summed E-state index contributed by atoms with van der Waals surface area (Å²) in [5.74, 6) is -2.47. The lowest BCUT2D eigenvalue weighted by atomic mass is 9.75. The van der Waals surface area contributed by atoms with Crippen molar-refractivity contribution in [2.75, 3.05) is 0 Å². The summed E-state index contributed by atoms with van der Waals surface area (Å²) in [6.07, 6.45) is 23.9. The molecule has 0 aromatic rings. The smallest absolute Gasteiger partial charge is 0.0479 e. The zero-order valence-corrected chi connectivity index (χ0v) is 21.4. The Kier molecular flexibility index (Phi) is 21.0. The molecule has 0 bridgehead atoms. The number of carboxylic acids is 2. The van der Waals surface area contributed by atoms with Gasteiger partial charge in [-0.15, -0.1) is 0 Å². The van der Waals surface area contributed by atoms with Crippen LogP contribution in [0.15, 0.2) is 0 Å². The molecule has 190 valence electrons. The van der Waals surface area contributed by atoms with Crippen molar-refractivity contribution in [3.05, 3.63) is 0 Å². The van der Waals surface area contributed by atoms with Gasteiger partial charge in [0, 0.05) is 17.4 Å². The van der Waals surface area contributed by atoms with Crippen molar-refractivity contribution in [2.24, 2.45) is 5.41 Å². The minimum Gasteiger partial charge on any atom is -0.550 e. The third kappa shape index (κ3) is 17.5. The molecule has 0 aliphatic carbocycles. The number of carbonyl (C=O) groups excluding carboxylic acids is 2. The Morgan fingerprint density at radius 1 is 0.500 bits per heavy atom. The lowest BCUT2D eigenvalue weighted by molar-refractivity contribution is -0.329. The maximum Gasteiger partial charge on any atom is 0.0479 e. The Bertz CT molecular complexity index is 423. The van der Waals surface area contributed by atoms with E-state index in [0.29, 0.717) is 12.8 Å². The lowest BCUT2D eigenvalue weighted by Crippen LogP contribution is -2.46. The van der Waals surface area contributed by atoms with Crippen LogP contribution in [0, 0.1) is 5.41 Å². The SMILES string of the molecule is CCCCCCCCCCCCC(CCCCCCCCCCCC)(CC(=O)[O-])C(=O)[O-]. The van der Waals surface area contributed by atoms with Gasteiger partial charge < -0.3 is 19.8 Å². The Morgan fingerprint density at radius 2 is 0.781 bits per heavy atom. The Morgan fingerprint density at radius 3 is 1.03 bits per heavy atom. The van der Waals surface area contributed by atoms with Crippen molar-refractivity contribution in [1.29, 1.82) is 0 Å². The highest BCUT2D eigenvalue weighted by atomic mass is 16.4. The van der Waals surface area contributed by atoms with Crippen LogP contribution in [0.25, 0.3) is 0 Å². The van der Waals surface area contributed by atoms with E-state index in [2.05, 4.69) is 13.8 Å². The largest absolute Gasteiger partial charge is 0.550 e. The minimum atomic E-state index is -1.27. The first kappa shape index (κ1) is 30.9. The van der Waals surface area contributed by atoms with Crippen molar-refractivity contribution < 1.29 is 19.8 Å². The normalized spacial score (nSPS) is 11.7. The van der Waals surface area contributed by atoms with E-state index >= 15 is 0 Å². The summed E-state index contributed by atoms with van der Waals surface area (Å²) in [5.41, 5.74) is -1.25. The molecule has 0 saturated heterocycles. The number of hydrogen-bond acceptors (Lipinski definition) is 4. The quantitative estimate of drug-likeness (QED) is 0.148. The predicted molar refractivity (Wildman–Crippen MR) is 130 cm³/mol. The number of hydrogen-bond donors (Lipinski definition) is 0. The van der Waals surface area contributed by atoms with Crippen LogP contribution in [-0.4, -0.2) is 11.9 Å². The molecule has 0 aliphatic rings. The maximum atomic E-state index is 11.9. The van der Waals surface area contributed by atoms with E-state index in [1.807, 2.05) is 0 Å². The average molecular weight is 453 g/mol. The van der Waals surface area contributed by atoms with E-state index in [9.17, 15) is 19.8 Å². The van der Waals surface area contributed by atoms with E-state index in [4.69, 9.17) is 0 Å². The van der Waals surface area contributed by atoms with Gasteiger partial charge in [-0.25, -0.2) is 0 Å². The summed E-state index contributed by atoms with van der Waals surface area (Å²) in [7, 11) is 0. The fourth-order valence-electron chi connectivity index (χ4n) is 4.76. The van der Waals surface area contributed by atoms with Gasteiger partial charge in [0.2, 0.25) is 0 Å². The van der Waals surface area contributed by atoms with Crippen LogP contribution >= 0.6 is 0 Å². The molecule has 0 amide bonds.